The van der Waals surface area contributed by atoms with Crippen LogP contribution in [0.1, 0.15) is 34.7 Å². The lowest BCUT2D eigenvalue weighted by Crippen LogP contribution is -2.33. The summed E-state index contributed by atoms with van der Waals surface area (Å²) >= 11 is 0. The van der Waals surface area contributed by atoms with Crippen LogP contribution in [0.2, 0.25) is 0 Å². The van der Waals surface area contributed by atoms with Crippen molar-refractivity contribution in [3.8, 4) is 0 Å². The average Bonchev–Trinajstić information content (AvgIpc) is 3.13. The number of benzene rings is 1. The molecule has 1 amide bonds. The molecule has 0 spiro atoms. The molecule has 0 saturated heterocycles. The summed E-state index contributed by atoms with van der Waals surface area (Å²) in [4.78, 5) is 26.0. The van der Waals surface area contributed by atoms with Crippen LogP contribution < -0.4 is 0 Å². The van der Waals surface area contributed by atoms with E-state index in [-0.39, 0.29) is 11.9 Å². The number of aromatic nitrogens is 3. The maximum atomic E-state index is 12.9. The second-order valence-electron chi connectivity index (χ2n) is 5.29. The standard InChI is InChI=1S/C18H18N4O/c1-14(15-5-3-2-4-6-15)22(13-17-20-11-12-21-17)18(23)16-7-9-19-10-8-16/h2-12,14H,13H2,1H3,(H,20,21)/t14-/m0/s1. The van der Waals surface area contributed by atoms with E-state index in [4.69, 9.17) is 0 Å². The van der Waals surface area contributed by atoms with Crippen LogP contribution in [0.4, 0.5) is 0 Å². The first kappa shape index (κ1) is 15.0. The van der Waals surface area contributed by atoms with Gasteiger partial charge in [0.05, 0.1) is 12.6 Å². The predicted molar refractivity (Wildman–Crippen MR) is 87.6 cm³/mol. The molecule has 0 saturated carbocycles. The Balaban J connectivity index is 1.91. The van der Waals surface area contributed by atoms with Crippen molar-refractivity contribution >= 4 is 5.91 Å². The Morgan fingerprint density at radius 1 is 1.13 bits per heavy atom. The summed E-state index contributed by atoms with van der Waals surface area (Å²) in [7, 11) is 0. The number of nitrogens with one attached hydrogen (secondary N) is 1. The number of rotatable bonds is 5. The van der Waals surface area contributed by atoms with Crippen LogP contribution in [0.5, 0.6) is 0 Å². The number of imidazole rings is 1. The monoisotopic (exact) mass is 306 g/mol. The molecule has 2 aromatic heterocycles. The van der Waals surface area contributed by atoms with Crippen LogP contribution >= 0.6 is 0 Å². The molecule has 1 N–H and O–H groups in total. The van der Waals surface area contributed by atoms with E-state index in [2.05, 4.69) is 15.0 Å². The van der Waals surface area contributed by atoms with Gasteiger partial charge in [-0.2, -0.15) is 0 Å². The van der Waals surface area contributed by atoms with E-state index in [1.54, 1.807) is 36.9 Å². The van der Waals surface area contributed by atoms with Gasteiger partial charge in [0.15, 0.2) is 0 Å². The van der Waals surface area contributed by atoms with Crippen molar-refractivity contribution in [1.29, 1.82) is 0 Å². The van der Waals surface area contributed by atoms with Crippen LogP contribution in [-0.2, 0) is 6.54 Å². The van der Waals surface area contributed by atoms with E-state index in [1.807, 2.05) is 42.2 Å². The van der Waals surface area contributed by atoms with Crippen molar-refractivity contribution in [2.75, 3.05) is 0 Å². The van der Waals surface area contributed by atoms with Crippen LogP contribution in [-0.4, -0.2) is 25.8 Å². The third-order valence-corrected chi connectivity index (χ3v) is 3.81. The number of amides is 1. The molecule has 0 bridgehead atoms. The molecular weight excluding hydrogens is 288 g/mol. The van der Waals surface area contributed by atoms with Crippen molar-refractivity contribution in [2.24, 2.45) is 0 Å². The molecule has 23 heavy (non-hydrogen) atoms. The molecule has 3 rings (SSSR count). The van der Waals surface area contributed by atoms with E-state index in [9.17, 15) is 4.79 Å². The van der Waals surface area contributed by atoms with E-state index in [0.29, 0.717) is 12.1 Å². The quantitative estimate of drug-likeness (QED) is 0.787. The highest BCUT2D eigenvalue weighted by Gasteiger charge is 2.23. The molecule has 0 aliphatic heterocycles. The summed E-state index contributed by atoms with van der Waals surface area (Å²) < 4.78 is 0. The maximum Gasteiger partial charge on any atom is 0.254 e. The van der Waals surface area contributed by atoms with Gasteiger partial charge in [-0.05, 0) is 24.6 Å². The fraction of sp³-hybridized carbons (Fsp3) is 0.167. The number of hydrogen-bond donors (Lipinski definition) is 1. The Kier molecular flexibility index (Phi) is 4.47. The zero-order valence-electron chi connectivity index (χ0n) is 12.9. The fourth-order valence-electron chi connectivity index (χ4n) is 2.50. The summed E-state index contributed by atoms with van der Waals surface area (Å²) in [5.41, 5.74) is 1.70. The Bertz CT molecular complexity index is 741. The van der Waals surface area contributed by atoms with Crippen LogP contribution in [0, 0.1) is 0 Å². The van der Waals surface area contributed by atoms with Gasteiger partial charge in [0.2, 0.25) is 0 Å². The van der Waals surface area contributed by atoms with Crippen molar-refractivity contribution in [1.82, 2.24) is 19.9 Å². The highest BCUT2D eigenvalue weighted by Crippen LogP contribution is 2.23. The molecule has 0 fully saturated rings. The zero-order valence-corrected chi connectivity index (χ0v) is 12.9. The molecule has 0 aliphatic rings. The molecule has 1 aromatic carbocycles. The summed E-state index contributed by atoms with van der Waals surface area (Å²) in [5, 5.41) is 0. The Hall–Kier alpha value is -2.95. The van der Waals surface area contributed by atoms with E-state index in [1.165, 1.54) is 0 Å². The first-order chi connectivity index (χ1) is 11.3. The minimum atomic E-state index is -0.0676. The van der Waals surface area contributed by atoms with Crippen molar-refractivity contribution in [3.05, 3.63) is 84.2 Å². The third kappa shape index (κ3) is 3.45. The van der Waals surface area contributed by atoms with Gasteiger partial charge < -0.3 is 9.88 Å². The van der Waals surface area contributed by atoms with Gasteiger partial charge in [-0.1, -0.05) is 30.3 Å². The highest BCUT2D eigenvalue weighted by molar-refractivity contribution is 5.94. The first-order valence-corrected chi connectivity index (χ1v) is 7.50. The van der Waals surface area contributed by atoms with Crippen molar-refractivity contribution < 1.29 is 4.79 Å². The van der Waals surface area contributed by atoms with E-state index >= 15 is 0 Å². The molecule has 116 valence electrons. The van der Waals surface area contributed by atoms with Crippen LogP contribution in [0.15, 0.2) is 67.3 Å². The van der Waals surface area contributed by atoms with Gasteiger partial charge in [0.1, 0.15) is 5.82 Å². The lowest BCUT2D eigenvalue weighted by Gasteiger charge is -2.29. The molecule has 5 heteroatoms. The number of carbonyl (C=O) groups is 1. The lowest BCUT2D eigenvalue weighted by atomic mass is 10.1. The molecule has 1 atom stereocenters. The largest absolute Gasteiger partial charge is 0.347 e. The summed E-state index contributed by atoms with van der Waals surface area (Å²) in [6.45, 7) is 2.45. The van der Waals surface area contributed by atoms with Gasteiger partial charge in [0, 0.05) is 30.4 Å². The second-order valence-corrected chi connectivity index (χ2v) is 5.29. The lowest BCUT2D eigenvalue weighted by molar-refractivity contribution is 0.0669. The smallest absolute Gasteiger partial charge is 0.254 e. The van der Waals surface area contributed by atoms with Crippen LogP contribution in [0.3, 0.4) is 0 Å². The minimum Gasteiger partial charge on any atom is -0.347 e. The molecule has 2 heterocycles. The molecule has 0 aliphatic carbocycles. The van der Waals surface area contributed by atoms with E-state index in [0.717, 1.165) is 11.4 Å². The Labute approximate surface area is 135 Å². The normalized spacial score (nSPS) is 11.9. The summed E-state index contributed by atoms with van der Waals surface area (Å²) in [5.74, 6) is 0.718. The van der Waals surface area contributed by atoms with Gasteiger partial charge in [-0.15, -0.1) is 0 Å². The average molecular weight is 306 g/mol. The molecule has 0 unspecified atom stereocenters. The number of hydrogen-bond acceptors (Lipinski definition) is 3. The predicted octanol–water partition coefficient (Wildman–Crippen LogP) is 3.21. The number of carbonyl (C=O) groups excluding carboxylic acids is 1. The topological polar surface area (TPSA) is 61.9 Å². The number of aromatic amines is 1. The SMILES string of the molecule is C[C@@H](c1ccccc1)N(Cc1ncc[nH]1)C(=O)c1ccncc1. The maximum absolute atomic E-state index is 12.9. The minimum absolute atomic E-state index is 0.0415. The van der Waals surface area contributed by atoms with Crippen molar-refractivity contribution in [3.63, 3.8) is 0 Å². The summed E-state index contributed by atoms with van der Waals surface area (Å²) in [6, 6.07) is 13.4. The highest BCUT2D eigenvalue weighted by atomic mass is 16.2. The van der Waals surface area contributed by atoms with E-state index < -0.39 is 0 Å². The Morgan fingerprint density at radius 2 is 1.87 bits per heavy atom. The number of pyridine rings is 1. The molecular formula is C18H18N4O. The fourth-order valence-corrected chi connectivity index (χ4v) is 2.50. The van der Waals surface area contributed by atoms with Gasteiger partial charge >= 0.3 is 0 Å². The van der Waals surface area contributed by atoms with Gasteiger partial charge in [0.25, 0.3) is 5.91 Å². The second kappa shape index (κ2) is 6.87. The number of H-pyrrole nitrogens is 1. The molecule has 5 nitrogen and oxygen atoms in total. The third-order valence-electron chi connectivity index (χ3n) is 3.81. The number of nitrogens with zero attached hydrogens (tertiary/aromatic N) is 3. The van der Waals surface area contributed by atoms with Gasteiger partial charge in [-0.25, -0.2) is 4.98 Å². The molecule has 3 aromatic rings. The zero-order chi connectivity index (χ0) is 16.1. The first-order valence-electron chi connectivity index (χ1n) is 7.50. The summed E-state index contributed by atoms with van der Waals surface area (Å²) in [6.07, 6.45) is 6.71. The molecule has 0 radical (unpaired) electrons. The van der Waals surface area contributed by atoms with Crippen molar-refractivity contribution in [2.45, 2.75) is 19.5 Å². The van der Waals surface area contributed by atoms with Gasteiger partial charge in [-0.3, -0.25) is 9.78 Å². The Morgan fingerprint density at radius 3 is 2.52 bits per heavy atom. The van der Waals surface area contributed by atoms with Crippen LogP contribution in [0.25, 0.3) is 0 Å².